The second-order valence-electron chi connectivity index (χ2n) is 5.97. The number of aromatic nitrogens is 2. The number of nitrogens with zero attached hydrogens (tertiary/aromatic N) is 2. The summed E-state index contributed by atoms with van der Waals surface area (Å²) in [6, 6.07) is 7.25. The largest absolute Gasteiger partial charge is 0.497 e. The average molecular weight is 378 g/mol. The summed E-state index contributed by atoms with van der Waals surface area (Å²) in [6.45, 7) is 0.146. The highest BCUT2D eigenvalue weighted by atomic mass is 32.2. The van der Waals surface area contributed by atoms with E-state index in [4.69, 9.17) is 18.6 Å². The van der Waals surface area contributed by atoms with E-state index in [0.717, 1.165) is 25.7 Å². The molecule has 1 heterocycles. The fourth-order valence-corrected chi connectivity index (χ4v) is 3.28. The second kappa shape index (κ2) is 9.47. The van der Waals surface area contributed by atoms with Gasteiger partial charge in [-0.15, -0.1) is 10.2 Å². The number of hydrogen-bond acceptors (Lipinski definition) is 8. The Hall–Kier alpha value is -2.22. The number of thioether (sulfide) groups is 1. The summed E-state index contributed by atoms with van der Waals surface area (Å²) in [5, 5.41) is 8.16. The standard InChI is InChI=1S/C18H22N2O5S/c1-22-14-8-5-9-15(10-14)23-11-16-19-20-18(25-16)26-12-17(21)24-13-6-3-2-4-7-13/h5,8-10,13H,2-4,6-7,11-12H2,1H3. The zero-order valence-electron chi connectivity index (χ0n) is 14.7. The van der Waals surface area contributed by atoms with Gasteiger partial charge in [-0.05, 0) is 37.8 Å². The minimum absolute atomic E-state index is 0.0614. The number of methoxy groups -OCH3 is 1. The molecule has 0 radical (unpaired) electrons. The SMILES string of the molecule is COc1cccc(OCc2nnc(SCC(=O)OC3CCCCC3)o2)c1. The molecule has 140 valence electrons. The molecule has 0 unspecified atom stereocenters. The number of carbonyl (C=O) groups is 1. The molecule has 1 fully saturated rings. The minimum atomic E-state index is -0.241. The first-order valence-electron chi connectivity index (χ1n) is 8.64. The first-order chi connectivity index (χ1) is 12.7. The van der Waals surface area contributed by atoms with Crippen LogP contribution in [0.1, 0.15) is 38.0 Å². The zero-order valence-corrected chi connectivity index (χ0v) is 15.5. The lowest BCUT2D eigenvalue weighted by Crippen LogP contribution is -2.21. The lowest BCUT2D eigenvalue weighted by molar-refractivity contribution is -0.147. The fraction of sp³-hybridized carbons (Fsp3) is 0.500. The van der Waals surface area contributed by atoms with Gasteiger partial charge in [-0.1, -0.05) is 24.2 Å². The van der Waals surface area contributed by atoms with Crippen LogP contribution >= 0.6 is 11.8 Å². The molecule has 2 aromatic rings. The van der Waals surface area contributed by atoms with Crippen molar-refractivity contribution in [3.05, 3.63) is 30.2 Å². The maximum absolute atomic E-state index is 11.9. The molecule has 0 saturated heterocycles. The summed E-state index contributed by atoms with van der Waals surface area (Å²) in [6.07, 6.45) is 5.47. The van der Waals surface area contributed by atoms with Gasteiger partial charge in [-0.2, -0.15) is 0 Å². The first-order valence-corrected chi connectivity index (χ1v) is 9.63. The van der Waals surface area contributed by atoms with Crippen molar-refractivity contribution in [1.82, 2.24) is 10.2 Å². The number of ether oxygens (including phenoxy) is 3. The molecule has 3 rings (SSSR count). The molecule has 0 spiro atoms. The number of esters is 1. The lowest BCUT2D eigenvalue weighted by Gasteiger charge is -2.21. The van der Waals surface area contributed by atoms with Crippen LogP contribution in [0.4, 0.5) is 0 Å². The van der Waals surface area contributed by atoms with Gasteiger partial charge < -0.3 is 18.6 Å². The van der Waals surface area contributed by atoms with Crippen LogP contribution in [-0.4, -0.2) is 35.1 Å². The highest BCUT2D eigenvalue weighted by Crippen LogP contribution is 2.23. The Morgan fingerprint density at radius 3 is 2.85 bits per heavy atom. The van der Waals surface area contributed by atoms with Crippen LogP contribution in [0.15, 0.2) is 33.9 Å². The lowest BCUT2D eigenvalue weighted by atomic mass is 9.98. The maximum atomic E-state index is 11.9. The van der Waals surface area contributed by atoms with E-state index in [1.807, 2.05) is 18.2 Å². The molecule has 0 amide bonds. The van der Waals surface area contributed by atoms with Crippen molar-refractivity contribution in [3.63, 3.8) is 0 Å². The van der Waals surface area contributed by atoms with Crippen molar-refractivity contribution in [1.29, 1.82) is 0 Å². The monoisotopic (exact) mass is 378 g/mol. The Bertz CT molecular complexity index is 715. The molecule has 0 bridgehead atoms. The quantitative estimate of drug-likeness (QED) is 0.509. The van der Waals surface area contributed by atoms with Crippen LogP contribution in [-0.2, 0) is 16.1 Å². The van der Waals surface area contributed by atoms with Gasteiger partial charge >= 0.3 is 5.97 Å². The number of rotatable bonds is 8. The predicted molar refractivity (Wildman–Crippen MR) is 95.3 cm³/mol. The molecule has 1 aromatic carbocycles. The molecule has 1 aliphatic carbocycles. The molecule has 8 heteroatoms. The Kier molecular flexibility index (Phi) is 6.76. The van der Waals surface area contributed by atoms with Crippen molar-refractivity contribution in [2.75, 3.05) is 12.9 Å². The van der Waals surface area contributed by atoms with Crippen LogP contribution in [0.5, 0.6) is 11.5 Å². The van der Waals surface area contributed by atoms with Gasteiger partial charge in [0.2, 0.25) is 0 Å². The van der Waals surface area contributed by atoms with Crippen molar-refractivity contribution >= 4 is 17.7 Å². The molecule has 0 atom stereocenters. The Morgan fingerprint density at radius 1 is 1.23 bits per heavy atom. The van der Waals surface area contributed by atoms with E-state index in [1.165, 1.54) is 18.2 Å². The summed E-state index contributed by atoms with van der Waals surface area (Å²) in [7, 11) is 1.60. The van der Waals surface area contributed by atoms with Gasteiger partial charge in [0.1, 0.15) is 23.4 Å². The van der Waals surface area contributed by atoms with Gasteiger partial charge in [0, 0.05) is 6.07 Å². The molecule has 1 aromatic heterocycles. The van der Waals surface area contributed by atoms with E-state index in [-0.39, 0.29) is 24.4 Å². The highest BCUT2D eigenvalue weighted by Gasteiger charge is 2.18. The Morgan fingerprint density at radius 2 is 2.04 bits per heavy atom. The van der Waals surface area contributed by atoms with E-state index in [2.05, 4.69) is 10.2 Å². The van der Waals surface area contributed by atoms with Gasteiger partial charge in [-0.3, -0.25) is 4.79 Å². The van der Waals surface area contributed by atoms with Crippen LogP contribution in [0, 0.1) is 0 Å². The number of hydrogen-bond donors (Lipinski definition) is 0. The molecule has 26 heavy (non-hydrogen) atoms. The molecular formula is C18H22N2O5S. The smallest absolute Gasteiger partial charge is 0.316 e. The van der Waals surface area contributed by atoms with Crippen molar-refractivity contribution in [2.24, 2.45) is 0 Å². The predicted octanol–water partition coefficient (Wildman–Crippen LogP) is 3.63. The molecule has 7 nitrogen and oxygen atoms in total. The van der Waals surface area contributed by atoms with Crippen molar-refractivity contribution < 1.29 is 23.4 Å². The fourth-order valence-electron chi connectivity index (χ4n) is 2.71. The van der Waals surface area contributed by atoms with Crippen molar-refractivity contribution in [2.45, 2.75) is 50.0 Å². The molecule has 1 aliphatic rings. The topological polar surface area (TPSA) is 83.7 Å². The maximum Gasteiger partial charge on any atom is 0.316 e. The summed E-state index contributed by atoms with van der Waals surface area (Å²) in [5.74, 6) is 1.62. The zero-order chi connectivity index (χ0) is 18.2. The minimum Gasteiger partial charge on any atom is -0.497 e. The summed E-state index contributed by atoms with van der Waals surface area (Å²) in [5.41, 5.74) is 0. The first kappa shape index (κ1) is 18.6. The molecule has 1 saturated carbocycles. The molecular weight excluding hydrogens is 356 g/mol. The van der Waals surface area contributed by atoms with Crippen LogP contribution < -0.4 is 9.47 Å². The third kappa shape index (κ3) is 5.66. The van der Waals surface area contributed by atoms with Gasteiger partial charge in [0.05, 0.1) is 7.11 Å². The number of benzene rings is 1. The van der Waals surface area contributed by atoms with E-state index in [1.54, 1.807) is 13.2 Å². The number of carbonyl (C=O) groups excluding carboxylic acids is 1. The Balaban J connectivity index is 1.41. The summed E-state index contributed by atoms with van der Waals surface area (Å²) < 4.78 is 21.7. The second-order valence-corrected chi connectivity index (χ2v) is 6.89. The molecule has 0 aliphatic heterocycles. The highest BCUT2D eigenvalue weighted by molar-refractivity contribution is 7.99. The third-order valence-corrected chi connectivity index (χ3v) is 4.81. The van der Waals surface area contributed by atoms with Crippen LogP contribution in [0.2, 0.25) is 0 Å². The molecule has 0 N–H and O–H groups in total. The van der Waals surface area contributed by atoms with E-state index in [0.29, 0.717) is 22.6 Å². The van der Waals surface area contributed by atoms with Gasteiger partial charge in [-0.25, -0.2) is 0 Å². The van der Waals surface area contributed by atoms with E-state index in [9.17, 15) is 4.79 Å². The Labute approximate surface area is 156 Å². The van der Waals surface area contributed by atoms with Crippen molar-refractivity contribution in [3.8, 4) is 11.5 Å². The van der Waals surface area contributed by atoms with Crippen LogP contribution in [0.25, 0.3) is 0 Å². The summed E-state index contributed by atoms with van der Waals surface area (Å²) >= 11 is 1.18. The van der Waals surface area contributed by atoms with E-state index >= 15 is 0 Å². The van der Waals surface area contributed by atoms with Gasteiger partial charge in [0.25, 0.3) is 11.1 Å². The van der Waals surface area contributed by atoms with Gasteiger partial charge in [0.15, 0.2) is 6.61 Å². The van der Waals surface area contributed by atoms with Crippen LogP contribution in [0.3, 0.4) is 0 Å². The normalized spacial score (nSPS) is 14.8. The summed E-state index contributed by atoms with van der Waals surface area (Å²) in [4.78, 5) is 11.9. The van der Waals surface area contributed by atoms with E-state index < -0.39 is 0 Å². The average Bonchev–Trinajstić information content (AvgIpc) is 3.14. The third-order valence-electron chi connectivity index (χ3n) is 4.02.